The van der Waals surface area contributed by atoms with E-state index in [2.05, 4.69) is 44.4 Å². The molecule has 3 aromatic heterocycles. The lowest BCUT2D eigenvalue weighted by Crippen LogP contribution is -2.44. The minimum Gasteiger partial charge on any atom is -0.371 e. The van der Waals surface area contributed by atoms with E-state index in [-0.39, 0.29) is 11.5 Å². The van der Waals surface area contributed by atoms with Gasteiger partial charge in [-0.1, -0.05) is 23.4 Å². The van der Waals surface area contributed by atoms with Crippen molar-refractivity contribution in [2.75, 3.05) is 50.0 Å². The van der Waals surface area contributed by atoms with Gasteiger partial charge in [-0.05, 0) is 31.2 Å². The summed E-state index contributed by atoms with van der Waals surface area (Å²) < 4.78 is 33.9. The monoisotopic (exact) mass is 476 g/mol. The Morgan fingerprint density at radius 1 is 1.00 bits per heavy atom. The van der Waals surface area contributed by atoms with E-state index in [1.807, 2.05) is 12.4 Å². The molecule has 1 atom stereocenters. The zero-order chi connectivity index (χ0) is 23.9. The zero-order valence-electron chi connectivity index (χ0n) is 19.4. The third kappa shape index (κ3) is 3.95. The maximum atomic E-state index is 14.5. The second-order valence-electron chi connectivity index (χ2n) is 9.25. The van der Waals surface area contributed by atoms with E-state index in [0.717, 1.165) is 73.5 Å². The van der Waals surface area contributed by atoms with Gasteiger partial charge in [0.25, 0.3) is 0 Å². The fraction of sp³-hybridized carbons (Fsp3) is 0.308. The standard InChI is InChI=1S/C26H26F2N6O/c1-33-7-9-34(10-8-33)23-6-5-16(12-29-23)17-11-19-20(14-31-26(19)30-13-17)25-21(15-32-35-25)18-3-2-4-22(27)24(18)28/h2-6,12,14-15,17,30-31H,7-11,13H2,1H3. The van der Waals surface area contributed by atoms with Crippen LogP contribution in [0.3, 0.4) is 0 Å². The number of benzene rings is 1. The van der Waals surface area contributed by atoms with Gasteiger partial charge in [0, 0.05) is 67.7 Å². The Hall–Kier alpha value is -3.72. The Kier molecular flexibility index (Phi) is 5.49. The number of nitrogens with one attached hydrogen (secondary N) is 2. The smallest absolute Gasteiger partial charge is 0.176 e. The SMILES string of the molecule is CN1CCN(c2ccc(C3CNc4[nH]cc(-c5oncc5-c5cccc(F)c5F)c4C3)cn2)CC1. The summed E-state index contributed by atoms with van der Waals surface area (Å²) in [6.07, 6.45) is 5.99. The average Bonchev–Trinajstić information content (AvgIpc) is 3.53. The maximum Gasteiger partial charge on any atom is 0.176 e. The molecule has 1 fully saturated rings. The molecule has 1 aromatic carbocycles. The lowest BCUT2D eigenvalue weighted by Gasteiger charge is -2.33. The van der Waals surface area contributed by atoms with Gasteiger partial charge in [-0.3, -0.25) is 0 Å². The fourth-order valence-corrected chi connectivity index (χ4v) is 5.00. The van der Waals surface area contributed by atoms with Crippen LogP contribution < -0.4 is 10.2 Å². The van der Waals surface area contributed by atoms with Gasteiger partial charge in [-0.2, -0.15) is 0 Å². The van der Waals surface area contributed by atoms with Crippen LogP contribution in [0.15, 0.2) is 53.4 Å². The van der Waals surface area contributed by atoms with Gasteiger partial charge in [0.05, 0.1) is 11.8 Å². The van der Waals surface area contributed by atoms with E-state index in [1.165, 1.54) is 18.3 Å². The average molecular weight is 477 g/mol. The highest BCUT2D eigenvalue weighted by Gasteiger charge is 2.28. The Labute approximate surface area is 201 Å². The van der Waals surface area contributed by atoms with Crippen molar-refractivity contribution >= 4 is 11.6 Å². The van der Waals surface area contributed by atoms with Crippen molar-refractivity contribution in [1.29, 1.82) is 0 Å². The van der Waals surface area contributed by atoms with Crippen molar-refractivity contribution in [3.8, 4) is 22.5 Å². The predicted octanol–water partition coefficient (Wildman–Crippen LogP) is 4.51. The van der Waals surface area contributed by atoms with Crippen LogP contribution in [-0.2, 0) is 6.42 Å². The van der Waals surface area contributed by atoms with Gasteiger partial charge >= 0.3 is 0 Å². The van der Waals surface area contributed by atoms with Crippen LogP contribution in [0.4, 0.5) is 20.4 Å². The molecule has 35 heavy (non-hydrogen) atoms. The molecular weight excluding hydrogens is 450 g/mol. The number of fused-ring (bicyclic) bond motifs is 1. The lowest BCUT2D eigenvalue weighted by molar-refractivity contribution is 0.312. The number of aromatic nitrogens is 3. The van der Waals surface area contributed by atoms with E-state index >= 15 is 0 Å². The molecule has 1 unspecified atom stereocenters. The third-order valence-electron chi connectivity index (χ3n) is 7.09. The summed E-state index contributed by atoms with van der Waals surface area (Å²) in [5.41, 5.74) is 3.51. The van der Waals surface area contributed by atoms with E-state index in [0.29, 0.717) is 11.3 Å². The summed E-state index contributed by atoms with van der Waals surface area (Å²) in [5, 5.41) is 7.35. The highest BCUT2D eigenvalue weighted by molar-refractivity contribution is 5.83. The molecule has 2 aliphatic heterocycles. The van der Waals surface area contributed by atoms with Crippen molar-refractivity contribution in [3.63, 3.8) is 0 Å². The molecule has 2 N–H and O–H groups in total. The number of H-pyrrole nitrogens is 1. The van der Waals surface area contributed by atoms with E-state index in [4.69, 9.17) is 9.51 Å². The van der Waals surface area contributed by atoms with Gasteiger partial charge in [0.1, 0.15) is 11.6 Å². The van der Waals surface area contributed by atoms with Crippen molar-refractivity contribution in [1.82, 2.24) is 20.0 Å². The number of aromatic amines is 1. The Bertz CT molecular complexity index is 1340. The first-order valence-corrected chi connectivity index (χ1v) is 11.8. The molecule has 0 amide bonds. The highest BCUT2D eigenvalue weighted by atomic mass is 19.2. The van der Waals surface area contributed by atoms with Crippen LogP contribution in [0.25, 0.3) is 22.5 Å². The number of nitrogens with zero attached hydrogens (tertiary/aromatic N) is 4. The number of rotatable bonds is 4. The van der Waals surface area contributed by atoms with Gasteiger partial charge in [0.2, 0.25) is 0 Å². The Morgan fingerprint density at radius 2 is 1.86 bits per heavy atom. The number of hydrogen-bond acceptors (Lipinski definition) is 6. The fourth-order valence-electron chi connectivity index (χ4n) is 5.00. The molecule has 6 rings (SSSR count). The van der Waals surface area contributed by atoms with E-state index in [1.54, 1.807) is 0 Å². The normalized spacial score (nSPS) is 18.4. The highest BCUT2D eigenvalue weighted by Crippen LogP contribution is 2.41. The lowest BCUT2D eigenvalue weighted by atomic mass is 9.88. The largest absolute Gasteiger partial charge is 0.371 e. The molecule has 0 aliphatic carbocycles. The molecule has 0 spiro atoms. The van der Waals surface area contributed by atoms with Crippen molar-refractivity contribution in [2.45, 2.75) is 12.3 Å². The summed E-state index contributed by atoms with van der Waals surface area (Å²) in [6.45, 7) is 4.81. The molecule has 2 aliphatic rings. The Balaban J connectivity index is 1.26. The molecule has 0 saturated carbocycles. The second kappa shape index (κ2) is 8.81. The molecule has 180 valence electrons. The number of anilines is 2. The first-order valence-electron chi connectivity index (χ1n) is 11.8. The van der Waals surface area contributed by atoms with Crippen molar-refractivity contribution in [2.24, 2.45) is 0 Å². The molecule has 0 bridgehead atoms. The number of hydrogen-bond donors (Lipinski definition) is 2. The van der Waals surface area contributed by atoms with Crippen molar-refractivity contribution < 1.29 is 13.3 Å². The van der Waals surface area contributed by atoms with E-state index < -0.39 is 11.6 Å². The quantitative estimate of drug-likeness (QED) is 0.452. The summed E-state index contributed by atoms with van der Waals surface area (Å²) in [7, 11) is 2.14. The number of piperazine rings is 1. The third-order valence-corrected chi connectivity index (χ3v) is 7.09. The van der Waals surface area contributed by atoms with E-state index in [9.17, 15) is 8.78 Å². The molecule has 4 aromatic rings. The van der Waals surface area contributed by atoms with Gasteiger partial charge in [-0.25, -0.2) is 13.8 Å². The van der Waals surface area contributed by atoms with Crippen LogP contribution in [-0.4, -0.2) is 59.8 Å². The van der Waals surface area contributed by atoms with Gasteiger partial charge in [0.15, 0.2) is 17.4 Å². The summed E-state index contributed by atoms with van der Waals surface area (Å²) in [4.78, 5) is 12.7. The molecule has 1 saturated heterocycles. The molecule has 0 radical (unpaired) electrons. The first kappa shape index (κ1) is 21.8. The zero-order valence-corrected chi connectivity index (χ0v) is 19.4. The topological polar surface area (TPSA) is 73.2 Å². The molecule has 7 nitrogen and oxygen atoms in total. The van der Waals surface area contributed by atoms with Crippen LogP contribution in [0.1, 0.15) is 17.0 Å². The second-order valence-corrected chi connectivity index (χ2v) is 9.25. The first-order chi connectivity index (χ1) is 17.1. The summed E-state index contributed by atoms with van der Waals surface area (Å²) in [6, 6.07) is 8.37. The number of likely N-dealkylation sites (N-methyl/N-ethyl adjacent to an activating group) is 1. The minimum absolute atomic E-state index is 0.125. The number of pyridine rings is 1. The maximum absolute atomic E-state index is 14.5. The predicted molar refractivity (Wildman–Crippen MR) is 131 cm³/mol. The van der Waals surface area contributed by atoms with Crippen LogP contribution in [0.2, 0.25) is 0 Å². The molecular formula is C26H26F2N6O. The van der Waals surface area contributed by atoms with Crippen LogP contribution in [0.5, 0.6) is 0 Å². The molecule has 5 heterocycles. The number of halogens is 2. The summed E-state index contributed by atoms with van der Waals surface area (Å²) >= 11 is 0. The molecule has 9 heteroatoms. The Morgan fingerprint density at radius 3 is 2.66 bits per heavy atom. The van der Waals surface area contributed by atoms with Crippen molar-refractivity contribution in [3.05, 3.63) is 71.7 Å². The van der Waals surface area contributed by atoms with Crippen LogP contribution in [0, 0.1) is 11.6 Å². The van der Waals surface area contributed by atoms with Gasteiger partial charge in [-0.15, -0.1) is 0 Å². The minimum atomic E-state index is -0.913. The van der Waals surface area contributed by atoms with Gasteiger partial charge < -0.3 is 24.6 Å². The summed E-state index contributed by atoms with van der Waals surface area (Å²) in [5.74, 6) is 0.725. The van der Waals surface area contributed by atoms with Crippen LogP contribution >= 0.6 is 0 Å².